The van der Waals surface area contributed by atoms with Crippen LogP contribution in [-0.2, 0) is 6.54 Å². The number of hydrogen-bond acceptors (Lipinski definition) is 4. The van der Waals surface area contributed by atoms with Crippen LogP contribution in [0.4, 0.5) is 0 Å². The number of pyridine rings is 1. The van der Waals surface area contributed by atoms with E-state index in [4.69, 9.17) is 15.2 Å². The van der Waals surface area contributed by atoms with Crippen LogP contribution in [0.5, 0.6) is 17.4 Å². The largest absolute Gasteiger partial charge is 0.494 e. The molecule has 0 aliphatic heterocycles. The van der Waals surface area contributed by atoms with Crippen molar-refractivity contribution in [2.75, 3.05) is 6.61 Å². The van der Waals surface area contributed by atoms with E-state index < -0.39 is 0 Å². The van der Waals surface area contributed by atoms with Crippen LogP contribution in [-0.4, -0.2) is 11.6 Å². The lowest BCUT2D eigenvalue weighted by Crippen LogP contribution is -2.02. The Bertz CT molecular complexity index is 597. The first-order valence-corrected chi connectivity index (χ1v) is 7.24. The molecule has 0 aliphatic carbocycles. The highest BCUT2D eigenvalue weighted by molar-refractivity contribution is 5.36. The van der Waals surface area contributed by atoms with Gasteiger partial charge >= 0.3 is 0 Å². The van der Waals surface area contributed by atoms with Gasteiger partial charge in [-0.25, -0.2) is 4.98 Å². The van der Waals surface area contributed by atoms with Crippen molar-refractivity contribution in [3.05, 3.63) is 47.7 Å². The van der Waals surface area contributed by atoms with Crippen LogP contribution in [0, 0.1) is 0 Å². The number of hydrogen-bond donors (Lipinski definition) is 1. The van der Waals surface area contributed by atoms with Crippen molar-refractivity contribution in [2.45, 2.75) is 33.2 Å². The molecular weight excluding hydrogens is 264 g/mol. The zero-order chi connectivity index (χ0) is 15.2. The monoisotopic (exact) mass is 286 g/mol. The van der Waals surface area contributed by atoms with Crippen LogP contribution < -0.4 is 15.2 Å². The van der Waals surface area contributed by atoms with Gasteiger partial charge in [0.15, 0.2) is 0 Å². The number of ether oxygens (including phenoxy) is 2. The third-order valence-corrected chi connectivity index (χ3v) is 3.05. The van der Waals surface area contributed by atoms with Crippen molar-refractivity contribution in [1.82, 2.24) is 4.98 Å². The van der Waals surface area contributed by atoms with Crippen LogP contribution in [0.3, 0.4) is 0 Å². The summed E-state index contributed by atoms with van der Waals surface area (Å²) in [6.45, 7) is 7.25. The molecule has 0 saturated heterocycles. The average Bonchev–Trinajstić information content (AvgIpc) is 2.47. The fourth-order valence-corrected chi connectivity index (χ4v) is 1.96. The highest BCUT2D eigenvalue weighted by Crippen LogP contribution is 2.26. The summed E-state index contributed by atoms with van der Waals surface area (Å²) in [6.07, 6.45) is 0. The number of aromatic nitrogens is 1. The summed E-state index contributed by atoms with van der Waals surface area (Å²) in [4.78, 5) is 4.53. The number of nitrogens with zero attached hydrogens (tertiary/aromatic N) is 1. The molecule has 1 heterocycles. The van der Waals surface area contributed by atoms with Gasteiger partial charge in [0.2, 0.25) is 5.88 Å². The lowest BCUT2D eigenvalue weighted by Gasteiger charge is -2.12. The van der Waals surface area contributed by atoms with E-state index in [-0.39, 0.29) is 0 Å². The Labute approximate surface area is 125 Å². The van der Waals surface area contributed by atoms with E-state index >= 15 is 0 Å². The predicted octanol–water partition coefficient (Wildman–Crippen LogP) is 3.85. The fraction of sp³-hybridized carbons (Fsp3) is 0.353. The van der Waals surface area contributed by atoms with E-state index in [1.165, 1.54) is 0 Å². The van der Waals surface area contributed by atoms with Crippen molar-refractivity contribution in [2.24, 2.45) is 5.73 Å². The molecule has 4 nitrogen and oxygen atoms in total. The maximum atomic E-state index is 5.85. The quantitative estimate of drug-likeness (QED) is 0.876. The molecule has 0 aliphatic rings. The van der Waals surface area contributed by atoms with Crippen LogP contribution in [0.1, 0.15) is 37.9 Å². The van der Waals surface area contributed by atoms with Crippen molar-refractivity contribution < 1.29 is 9.47 Å². The van der Waals surface area contributed by atoms with E-state index in [0.717, 1.165) is 17.0 Å². The smallest absolute Gasteiger partial charge is 0.219 e. The number of benzene rings is 1. The highest BCUT2D eigenvalue weighted by Gasteiger charge is 2.08. The standard InChI is InChI=1S/C17H22N2O2/c1-4-20-14-6-5-7-15(10-14)21-17-9-13(11-18)8-16(19-17)12(2)3/h5-10,12H,4,11,18H2,1-3H3. The Morgan fingerprint density at radius 2 is 1.90 bits per heavy atom. The van der Waals surface area contributed by atoms with Gasteiger partial charge in [-0.05, 0) is 36.6 Å². The SMILES string of the molecule is CCOc1cccc(Oc2cc(CN)cc(C(C)C)n2)c1. The van der Waals surface area contributed by atoms with Gasteiger partial charge in [0.1, 0.15) is 11.5 Å². The van der Waals surface area contributed by atoms with E-state index in [2.05, 4.69) is 18.8 Å². The molecule has 0 atom stereocenters. The Morgan fingerprint density at radius 3 is 2.57 bits per heavy atom. The Morgan fingerprint density at radius 1 is 1.14 bits per heavy atom. The summed E-state index contributed by atoms with van der Waals surface area (Å²) >= 11 is 0. The van der Waals surface area contributed by atoms with E-state index in [9.17, 15) is 0 Å². The van der Waals surface area contributed by atoms with Gasteiger partial charge < -0.3 is 15.2 Å². The van der Waals surface area contributed by atoms with Crippen molar-refractivity contribution >= 4 is 0 Å². The summed E-state index contributed by atoms with van der Waals surface area (Å²) in [5.74, 6) is 2.38. The second-order valence-electron chi connectivity index (χ2n) is 5.11. The highest BCUT2D eigenvalue weighted by atomic mass is 16.5. The third-order valence-electron chi connectivity index (χ3n) is 3.05. The first-order valence-electron chi connectivity index (χ1n) is 7.24. The molecule has 21 heavy (non-hydrogen) atoms. The predicted molar refractivity (Wildman–Crippen MR) is 83.9 cm³/mol. The molecule has 2 aromatic rings. The van der Waals surface area contributed by atoms with Gasteiger partial charge in [0, 0.05) is 24.4 Å². The molecule has 4 heteroatoms. The third kappa shape index (κ3) is 4.20. The minimum atomic E-state index is 0.327. The summed E-state index contributed by atoms with van der Waals surface area (Å²) < 4.78 is 11.3. The molecule has 1 aromatic carbocycles. The summed E-state index contributed by atoms with van der Waals surface area (Å²) in [5.41, 5.74) is 7.74. The lowest BCUT2D eigenvalue weighted by molar-refractivity contribution is 0.338. The van der Waals surface area contributed by atoms with E-state index in [0.29, 0.717) is 30.7 Å². The Kier molecular flexibility index (Phi) is 5.17. The summed E-state index contributed by atoms with van der Waals surface area (Å²) in [7, 11) is 0. The van der Waals surface area contributed by atoms with Crippen molar-refractivity contribution in [1.29, 1.82) is 0 Å². The molecular formula is C17H22N2O2. The number of nitrogens with two attached hydrogens (primary N) is 1. The summed E-state index contributed by atoms with van der Waals surface area (Å²) in [5, 5.41) is 0. The van der Waals surface area contributed by atoms with Crippen LogP contribution in [0.15, 0.2) is 36.4 Å². The molecule has 0 unspecified atom stereocenters. The minimum Gasteiger partial charge on any atom is -0.494 e. The van der Waals surface area contributed by atoms with Gasteiger partial charge in [-0.1, -0.05) is 19.9 Å². The summed E-state index contributed by atoms with van der Waals surface area (Å²) in [6, 6.07) is 11.4. The van der Waals surface area contributed by atoms with Gasteiger partial charge in [-0.3, -0.25) is 0 Å². The van der Waals surface area contributed by atoms with E-state index in [1.54, 1.807) is 0 Å². The molecule has 0 radical (unpaired) electrons. The van der Waals surface area contributed by atoms with Crippen molar-refractivity contribution in [3.63, 3.8) is 0 Å². The zero-order valence-corrected chi connectivity index (χ0v) is 12.8. The van der Waals surface area contributed by atoms with Crippen molar-refractivity contribution in [3.8, 4) is 17.4 Å². The Balaban J connectivity index is 2.26. The normalized spacial score (nSPS) is 10.7. The molecule has 0 saturated carbocycles. The molecule has 0 fully saturated rings. The Hall–Kier alpha value is -2.07. The van der Waals surface area contributed by atoms with Gasteiger partial charge in [0.25, 0.3) is 0 Å². The van der Waals surface area contributed by atoms with Crippen LogP contribution in [0.25, 0.3) is 0 Å². The molecule has 0 amide bonds. The topological polar surface area (TPSA) is 57.4 Å². The van der Waals surface area contributed by atoms with Crippen LogP contribution >= 0.6 is 0 Å². The minimum absolute atomic E-state index is 0.327. The molecule has 112 valence electrons. The molecule has 0 bridgehead atoms. The van der Waals surface area contributed by atoms with Crippen LogP contribution in [0.2, 0.25) is 0 Å². The average molecular weight is 286 g/mol. The molecule has 2 N–H and O–H groups in total. The molecule has 1 aromatic heterocycles. The van der Waals surface area contributed by atoms with Gasteiger partial charge in [0.05, 0.1) is 6.61 Å². The van der Waals surface area contributed by atoms with E-state index in [1.807, 2.05) is 43.3 Å². The zero-order valence-electron chi connectivity index (χ0n) is 12.8. The molecule has 2 rings (SSSR count). The first kappa shape index (κ1) is 15.3. The lowest BCUT2D eigenvalue weighted by atomic mass is 10.1. The second kappa shape index (κ2) is 7.09. The second-order valence-corrected chi connectivity index (χ2v) is 5.11. The molecule has 0 spiro atoms. The van der Waals surface area contributed by atoms with Gasteiger partial charge in [-0.15, -0.1) is 0 Å². The fourth-order valence-electron chi connectivity index (χ4n) is 1.96. The maximum Gasteiger partial charge on any atom is 0.219 e. The maximum absolute atomic E-state index is 5.85. The van der Waals surface area contributed by atoms with Gasteiger partial charge in [-0.2, -0.15) is 0 Å². The number of rotatable bonds is 6. The first-order chi connectivity index (χ1) is 10.1.